The van der Waals surface area contributed by atoms with E-state index in [-0.39, 0.29) is 0 Å². The molecule has 2 rings (SSSR count). The Kier molecular flexibility index (Phi) is 4.02. The second-order valence-electron chi connectivity index (χ2n) is 4.46. The molecule has 21 heavy (non-hydrogen) atoms. The summed E-state index contributed by atoms with van der Waals surface area (Å²) in [6.07, 6.45) is 1.88. The number of fused-ring (bicyclic) bond motifs is 1. The molecule has 0 saturated carbocycles. The monoisotopic (exact) mass is 321 g/mol. The van der Waals surface area contributed by atoms with Crippen molar-refractivity contribution in [2.75, 3.05) is 0 Å². The van der Waals surface area contributed by atoms with Crippen molar-refractivity contribution in [3.05, 3.63) is 39.8 Å². The van der Waals surface area contributed by atoms with E-state index in [4.69, 9.17) is 5.53 Å². The van der Waals surface area contributed by atoms with Crippen LogP contribution in [0.1, 0.15) is 30.0 Å². The molecule has 0 aliphatic heterocycles. The molecule has 1 aromatic rings. The first-order valence-corrected chi connectivity index (χ1v) is 7.33. The van der Waals surface area contributed by atoms with E-state index in [1.807, 2.05) is 0 Å². The molecular formula is C11H10F3N3O3S. The minimum absolute atomic E-state index is 0.396. The van der Waals surface area contributed by atoms with Gasteiger partial charge in [0.25, 0.3) is 0 Å². The van der Waals surface area contributed by atoms with Crippen molar-refractivity contribution in [3.63, 3.8) is 0 Å². The first-order valence-electron chi connectivity index (χ1n) is 5.92. The largest absolute Gasteiger partial charge is 0.534 e. The zero-order valence-corrected chi connectivity index (χ0v) is 11.4. The van der Waals surface area contributed by atoms with Crippen molar-refractivity contribution in [1.82, 2.24) is 0 Å². The van der Waals surface area contributed by atoms with E-state index in [0.29, 0.717) is 30.4 Å². The van der Waals surface area contributed by atoms with Crippen molar-refractivity contribution in [2.24, 2.45) is 5.11 Å². The summed E-state index contributed by atoms with van der Waals surface area (Å²) in [5.74, 6) is -0.410. The minimum Gasteiger partial charge on any atom is -0.376 e. The molecule has 0 saturated heterocycles. The lowest BCUT2D eigenvalue weighted by atomic mass is 9.88. The molecule has 114 valence electrons. The maximum absolute atomic E-state index is 12.3. The normalized spacial score (nSPS) is 18.5. The third-order valence-corrected chi connectivity index (χ3v) is 4.06. The highest BCUT2D eigenvalue weighted by molar-refractivity contribution is 7.87. The Morgan fingerprint density at radius 2 is 2.10 bits per heavy atom. The van der Waals surface area contributed by atoms with Gasteiger partial charge >= 0.3 is 15.6 Å². The highest BCUT2D eigenvalue weighted by Crippen LogP contribution is 2.36. The number of hydrogen-bond acceptors (Lipinski definition) is 4. The van der Waals surface area contributed by atoms with Crippen molar-refractivity contribution >= 4 is 10.1 Å². The summed E-state index contributed by atoms with van der Waals surface area (Å²) in [5.41, 5.74) is 4.29. The average molecular weight is 321 g/mol. The molecule has 1 aromatic carbocycles. The number of hydrogen-bond donors (Lipinski definition) is 0. The molecule has 1 aliphatic carbocycles. The highest BCUT2D eigenvalue weighted by atomic mass is 32.2. The summed E-state index contributed by atoms with van der Waals surface area (Å²) in [6, 6.07) is 3.38. The lowest BCUT2D eigenvalue weighted by Gasteiger charge is -2.22. The quantitative estimate of drug-likeness (QED) is 0.280. The van der Waals surface area contributed by atoms with Crippen LogP contribution in [0.25, 0.3) is 10.4 Å². The molecule has 1 aliphatic rings. The summed E-state index contributed by atoms with van der Waals surface area (Å²) in [7, 11) is -5.68. The summed E-state index contributed by atoms with van der Waals surface area (Å²) >= 11 is 0. The van der Waals surface area contributed by atoms with Gasteiger partial charge in [0.1, 0.15) is 5.75 Å². The molecule has 0 fully saturated rings. The van der Waals surface area contributed by atoms with Crippen LogP contribution in [0.15, 0.2) is 23.3 Å². The van der Waals surface area contributed by atoms with E-state index in [1.165, 1.54) is 12.1 Å². The predicted octanol–water partition coefficient (Wildman–Crippen LogP) is 3.60. The van der Waals surface area contributed by atoms with Gasteiger partial charge in [-0.15, -0.1) is 0 Å². The summed E-state index contributed by atoms with van der Waals surface area (Å²) in [4.78, 5) is 2.72. The number of rotatable bonds is 3. The van der Waals surface area contributed by atoms with Gasteiger partial charge in [-0.05, 0) is 48.1 Å². The van der Waals surface area contributed by atoms with Crippen molar-refractivity contribution in [3.8, 4) is 5.75 Å². The molecule has 0 heterocycles. The molecule has 0 unspecified atom stereocenters. The molecule has 0 amide bonds. The number of benzene rings is 1. The molecule has 0 spiro atoms. The summed E-state index contributed by atoms with van der Waals surface area (Å²) in [5, 5.41) is 3.61. The van der Waals surface area contributed by atoms with E-state index in [1.54, 1.807) is 0 Å². The number of alkyl halides is 3. The standard InChI is InChI=1S/C11H10F3N3O3S/c12-11(13,14)21(18,19)20-8-4-5-9-7(6-8)2-1-3-10(9)16-17-15/h4-6,10H,1-3H2/t10-/m1/s1. The zero-order chi connectivity index (χ0) is 15.7. The van der Waals surface area contributed by atoms with Crippen LogP contribution in [0.5, 0.6) is 5.75 Å². The maximum atomic E-state index is 12.3. The molecule has 10 heteroatoms. The lowest BCUT2D eigenvalue weighted by molar-refractivity contribution is -0.0500. The van der Waals surface area contributed by atoms with E-state index in [9.17, 15) is 21.6 Å². The number of nitrogens with zero attached hydrogens (tertiary/aromatic N) is 3. The second-order valence-corrected chi connectivity index (χ2v) is 5.99. The third kappa shape index (κ3) is 3.22. The minimum atomic E-state index is -5.68. The lowest BCUT2D eigenvalue weighted by Crippen LogP contribution is -2.28. The molecule has 6 nitrogen and oxygen atoms in total. The van der Waals surface area contributed by atoms with Crippen molar-refractivity contribution in [1.29, 1.82) is 0 Å². The smallest absolute Gasteiger partial charge is 0.376 e. The predicted molar refractivity (Wildman–Crippen MR) is 66.9 cm³/mol. The fraction of sp³-hybridized carbons (Fsp3) is 0.455. The Labute approximate surface area is 118 Å². The third-order valence-electron chi connectivity index (χ3n) is 3.08. The van der Waals surface area contributed by atoms with Crippen LogP contribution in [0.4, 0.5) is 13.2 Å². The van der Waals surface area contributed by atoms with Crippen molar-refractivity contribution in [2.45, 2.75) is 30.8 Å². The number of azide groups is 1. The Bertz CT molecular complexity index is 696. The first kappa shape index (κ1) is 15.5. The molecule has 1 atom stereocenters. The van der Waals surface area contributed by atoms with E-state index >= 15 is 0 Å². The van der Waals surface area contributed by atoms with Gasteiger partial charge in [-0.3, -0.25) is 0 Å². The fourth-order valence-corrected chi connectivity index (χ4v) is 2.62. The van der Waals surface area contributed by atoms with Gasteiger partial charge in [-0.1, -0.05) is 11.2 Å². The van der Waals surface area contributed by atoms with Crippen LogP contribution in [0.2, 0.25) is 0 Å². The van der Waals surface area contributed by atoms with Crippen molar-refractivity contribution < 1.29 is 25.8 Å². The molecule has 0 bridgehead atoms. The molecule has 0 aromatic heterocycles. The Balaban J connectivity index is 2.32. The van der Waals surface area contributed by atoms with E-state index < -0.39 is 27.4 Å². The van der Waals surface area contributed by atoms with Gasteiger partial charge in [0.05, 0.1) is 6.04 Å². The van der Waals surface area contributed by atoms with Crippen LogP contribution in [0, 0.1) is 0 Å². The van der Waals surface area contributed by atoms with Gasteiger partial charge in [0.2, 0.25) is 0 Å². The topological polar surface area (TPSA) is 92.1 Å². The summed E-state index contributed by atoms with van der Waals surface area (Å²) in [6.45, 7) is 0. The maximum Gasteiger partial charge on any atom is 0.534 e. The van der Waals surface area contributed by atoms with Gasteiger partial charge in [0, 0.05) is 4.91 Å². The van der Waals surface area contributed by atoms with Gasteiger partial charge in [-0.25, -0.2) is 0 Å². The number of aryl methyl sites for hydroxylation is 1. The van der Waals surface area contributed by atoms with Crippen LogP contribution in [-0.4, -0.2) is 13.9 Å². The van der Waals surface area contributed by atoms with E-state index in [0.717, 1.165) is 6.07 Å². The molecule has 0 N–H and O–H groups in total. The SMILES string of the molecule is [N-]=[N+]=N[C@@H]1CCCc2cc(OS(=O)(=O)C(F)(F)F)ccc21. The second kappa shape index (κ2) is 5.45. The van der Waals surface area contributed by atoms with Gasteiger partial charge in [-0.2, -0.15) is 21.6 Å². The summed E-state index contributed by atoms with van der Waals surface area (Å²) < 4.78 is 62.7. The average Bonchev–Trinajstić information content (AvgIpc) is 2.37. The van der Waals surface area contributed by atoms with Gasteiger partial charge < -0.3 is 4.18 Å². The Morgan fingerprint density at radius 1 is 1.38 bits per heavy atom. The molecule has 0 radical (unpaired) electrons. The van der Waals surface area contributed by atoms with Crippen LogP contribution >= 0.6 is 0 Å². The zero-order valence-electron chi connectivity index (χ0n) is 10.5. The molecular weight excluding hydrogens is 311 g/mol. The highest BCUT2D eigenvalue weighted by Gasteiger charge is 2.48. The van der Waals surface area contributed by atoms with Gasteiger partial charge in [0.15, 0.2) is 0 Å². The van der Waals surface area contributed by atoms with Crippen LogP contribution in [-0.2, 0) is 16.5 Å². The fourth-order valence-electron chi connectivity index (χ4n) is 2.17. The van der Waals surface area contributed by atoms with Crippen LogP contribution in [0.3, 0.4) is 0 Å². The Morgan fingerprint density at radius 3 is 2.71 bits per heavy atom. The Hall–Kier alpha value is -1.93. The number of halogens is 3. The van der Waals surface area contributed by atoms with E-state index in [2.05, 4.69) is 14.2 Å². The van der Waals surface area contributed by atoms with Crippen LogP contribution < -0.4 is 4.18 Å². The first-order chi connectivity index (χ1) is 9.74.